The van der Waals surface area contributed by atoms with Crippen molar-refractivity contribution in [3.05, 3.63) is 52.5 Å². The lowest BCUT2D eigenvalue weighted by molar-refractivity contribution is 0.619. The van der Waals surface area contributed by atoms with Crippen LogP contribution in [-0.4, -0.2) is 4.98 Å². The van der Waals surface area contributed by atoms with E-state index in [0.717, 1.165) is 26.7 Å². The maximum atomic E-state index is 5.77. The fourth-order valence-electron chi connectivity index (χ4n) is 1.84. The summed E-state index contributed by atoms with van der Waals surface area (Å²) in [5.74, 6) is 0.671. The second kappa shape index (κ2) is 4.00. The van der Waals surface area contributed by atoms with Gasteiger partial charge in [0.2, 0.25) is 5.89 Å². The lowest BCUT2D eigenvalue weighted by Gasteiger charge is -1.98. The van der Waals surface area contributed by atoms with E-state index in [-0.39, 0.29) is 0 Å². The van der Waals surface area contributed by atoms with Crippen molar-refractivity contribution in [1.29, 1.82) is 0 Å². The second-order valence-electron chi connectivity index (χ2n) is 3.92. The summed E-state index contributed by atoms with van der Waals surface area (Å²) in [5, 5.41) is 0. The molecule has 0 aliphatic heterocycles. The summed E-state index contributed by atoms with van der Waals surface area (Å²) >= 11 is 3.48. The molecule has 0 saturated carbocycles. The van der Waals surface area contributed by atoms with E-state index in [1.54, 1.807) is 0 Å². The van der Waals surface area contributed by atoms with E-state index in [4.69, 9.17) is 4.42 Å². The van der Waals surface area contributed by atoms with Crippen LogP contribution in [0.1, 0.15) is 5.56 Å². The number of halogens is 1. The number of para-hydroxylation sites is 1. The van der Waals surface area contributed by atoms with Gasteiger partial charge in [0, 0.05) is 10.0 Å². The highest BCUT2D eigenvalue weighted by Crippen LogP contribution is 2.29. The molecule has 3 rings (SSSR count). The van der Waals surface area contributed by atoms with Gasteiger partial charge in [-0.25, -0.2) is 4.98 Å². The van der Waals surface area contributed by atoms with Crippen LogP contribution in [-0.2, 0) is 0 Å². The number of nitrogens with zero attached hydrogens (tertiary/aromatic N) is 1. The summed E-state index contributed by atoms with van der Waals surface area (Å²) < 4.78 is 6.73. The third-order valence-corrected chi connectivity index (χ3v) is 3.39. The second-order valence-corrected chi connectivity index (χ2v) is 4.77. The summed E-state index contributed by atoms with van der Waals surface area (Å²) in [4.78, 5) is 4.53. The van der Waals surface area contributed by atoms with Crippen LogP contribution in [0.15, 0.2) is 51.4 Å². The van der Waals surface area contributed by atoms with E-state index in [0.29, 0.717) is 5.89 Å². The van der Waals surface area contributed by atoms with Gasteiger partial charge in [0.15, 0.2) is 5.58 Å². The van der Waals surface area contributed by atoms with Crippen molar-refractivity contribution >= 4 is 27.0 Å². The van der Waals surface area contributed by atoms with Gasteiger partial charge >= 0.3 is 0 Å². The topological polar surface area (TPSA) is 26.0 Å². The van der Waals surface area contributed by atoms with Crippen molar-refractivity contribution in [1.82, 2.24) is 4.98 Å². The van der Waals surface area contributed by atoms with Crippen LogP contribution in [0.5, 0.6) is 0 Å². The number of rotatable bonds is 1. The minimum absolute atomic E-state index is 0.671. The zero-order valence-electron chi connectivity index (χ0n) is 9.27. The molecule has 0 amide bonds. The first-order valence-corrected chi connectivity index (χ1v) is 6.16. The first-order valence-electron chi connectivity index (χ1n) is 5.37. The van der Waals surface area contributed by atoms with Gasteiger partial charge in [0.05, 0.1) is 0 Å². The molecular weight excluding hydrogens is 278 g/mol. The van der Waals surface area contributed by atoms with Gasteiger partial charge in [-0.05, 0) is 46.6 Å². The molecule has 0 unspecified atom stereocenters. The number of hydrogen-bond acceptors (Lipinski definition) is 2. The number of fused-ring (bicyclic) bond motifs is 1. The Kier molecular flexibility index (Phi) is 2.48. The lowest BCUT2D eigenvalue weighted by atomic mass is 10.1. The third-order valence-electron chi connectivity index (χ3n) is 2.75. The molecule has 0 aliphatic rings. The zero-order chi connectivity index (χ0) is 11.8. The number of aryl methyl sites for hydroxylation is 1. The van der Waals surface area contributed by atoms with Crippen molar-refractivity contribution in [3.8, 4) is 11.5 Å². The normalized spacial score (nSPS) is 10.9. The van der Waals surface area contributed by atoms with Gasteiger partial charge in [-0.3, -0.25) is 0 Å². The van der Waals surface area contributed by atoms with E-state index in [2.05, 4.69) is 33.9 Å². The van der Waals surface area contributed by atoms with Gasteiger partial charge in [-0.15, -0.1) is 0 Å². The molecule has 0 bridgehead atoms. The lowest BCUT2D eigenvalue weighted by Crippen LogP contribution is -1.81. The molecule has 0 saturated heterocycles. The molecule has 17 heavy (non-hydrogen) atoms. The van der Waals surface area contributed by atoms with E-state index in [9.17, 15) is 0 Å². The Bertz CT molecular complexity index is 688. The van der Waals surface area contributed by atoms with Gasteiger partial charge in [-0.2, -0.15) is 0 Å². The van der Waals surface area contributed by atoms with Gasteiger partial charge < -0.3 is 4.42 Å². The van der Waals surface area contributed by atoms with E-state index < -0.39 is 0 Å². The molecule has 0 aliphatic carbocycles. The highest BCUT2D eigenvalue weighted by Gasteiger charge is 2.11. The monoisotopic (exact) mass is 287 g/mol. The molecule has 0 spiro atoms. The summed E-state index contributed by atoms with van der Waals surface area (Å²) in [6.45, 7) is 2.05. The molecule has 0 radical (unpaired) electrons. The van der Waals surface area contributed by atoms with Crippen LogP contribution < -0.4 is 0 Å². The van der Waals surface area contributed by atoms with Crippen LogP contribution in [0.4, 0.5) is 0 Å². The third kappa shape index (κ3) is 1.76. The highest BCUT2D eigenvalue weighted by atomic mass is 79.9. The fourth-order valence-corrected chi connectivity index (χ4v) is 2.28. The molecule has 0 N–H and O–H groups in total. The molecule has 2 aromatic carbocycles. The minimum atomic E-state index is 0.671. The Morgan fingerprint density at radius 1 is 1.06 bits per heavy atom. The van der Waals surface area contributed by atoms with Crippen LogP contribution in [0.25, 0.3) is 22.6 Å². The predicted octanol–water partition coefficient (Wildman–Crippen LogP) is 4.57. The summed E-state index contributed by atoms with van der Waals surface area (Å²) in [6.07, 6.45) is 0. The Morgan fingerprint density at radius 3 is 2.65 bits per heavy atom. The van der Waals surface area contributed by atoms with E-state index in [1.165, 1.54) is 0 Å². The molecule has 84 valence electrons. The molecular formula is C14H10BrNO. The number of hydrogen-bond donors (Lipinski definition) is 0. The van der Waals surface area contributed by atoms with Crippen molar-refractivity contribution in [2.24, 2.45) is 0 Å². The summed E-state index contributed by atoms with van der Waals surface area (Å²) in [6, 6.07) is 13.9. The maximum absolute atomic E-state index is 5.77. The molecule has 1 heterocycles. The Hall–Kier alpha value is -1.61. The van der Waals surface area contributed by atoms with Crippen molar-refractivity contribution in [2.45, 2.75) is 6.92 Å². The van der Waals surface area contributed by atoms with Gasteiger partial charge in [0.25, 0.3) is 0 Å². The smallest absolute Gasteiger partial charge is 0.227 e. The van der Waals surface area contributed by atoms with Gasteiger partial charge in [-0.1, -0.05) is 24.3 Å². The van der Waals surface area contributed by atoms with Crippen molar-refractivity contribution in [3.63, 3.8) is 0 Å². The zero-order valence-corrected chi connectivity index (χ0v) is 10.9. The molecule has 0 atom stereocenters. The SMILES string of the molecule is Cc1ccccc1-c1nc2c(Br)cccc2o1. The maximum Gasteiger partial charge on any atom is 0.227 e. The van der Waals surface area contributed by atoms with Crippen LogP contribution in [0.3, 0.4) is 0 Å². The van der Waals surface area contributed by atoms with Crippen LogP contribution in [0, 0.1) is 6.92 Å². The molecule has 3 aromatic rings. The fraction of sp³-hybridized carbons (Fsp3) is 0.0714. The quantitative estimate of drug-likeness (QED) is 0.655. The van der Waals surface area contributed by atoms with Crippen molar-refractivity contribution < 1.29 is 4.42 Å². The Morgan fingerprint density at radius 2 is 1.88 bits per heavy atom. The molecule has 0 fully saturated rings. The number of aromatic nitrogens is 1. The molecule has 3 heteroatoms. The Labute approximate surface area is 107 Å². The minimum Gasteiger partial charge on any atom is -0.436 e. The number of benzene rings is 2. The summed E-state index contributed by atoms with van der Waals surface area (Å²) in [7, 11) is 0. The van der Waals surface area contributed by atoms with E-state index >= 15 is 0 Å². The Balaban J connectivity index is 2.26. The number of oxazole rings is 1. The first kappa shape index (κ1) is 10.5. The summed E-state index contributed by atoms with van der Waals surface area (Å²) in [5.41, 5.74) is 3.87. The molecule has 2 nitrogen and oxygen atoms in total. The first-order chi connectivity index (χ1) is 8.25. The van der Waals surface area contributed by atoms with Gasteiger partial charge in [0.1, 0.15) is 5.52 Å². The van der Waals surface area contributed by atoms with Crippen LogP contribution >= 0.6 is 15.9 Å². The molecule has 1 aromatic heterocycles. The average molecular weight is 288 g/mol. The largest absolute Gasteiger partial charge is 0.436 e. The van der Waals surface area contributed by atoms with Crippen LogP contribution in [0.2, 0.25) is 0 Å². The highest BCUT2D eigenvalue weighted by molar-refractivity contribution is 9.10. The standard InChI is InChI=1S/C14H10BrNO/c1-9-5-2-3-6-10(9)14-16-13-11(15)7-4-8-12(13)17-14/h2-8H,1H3. The average Bonchev–Trinajstić information content (AvgIpc) is 2.75. The van der Waals surface area contributed by atoms with Crippen molar-refractivity contribution in [2.75, 3.05) is 0 Å². The predicted molar refractivity (Wildman–Crippen MR) is 71.9 cm³/mol. The van der Waals surface area contributed by atoms with E-state index in [1.807, 2.05) is 36.4 Å².